The minimum Gasteiger partial charge on any atom is -0.383 e. The van der Waals surface area contributed by atoms with Crippen LogP contribution in [0.1, 0.15) is 36.8 Å². The second-order valence-electron chi connectivity index (χ2n) is 5.16. The van der Waals surface area contributed by atoms with Crippen LogP contribution in [0.2, 0.25) is 0 Å². The summed E-state index contributed by atoms with van der Waals surface area (Å²) in [5, 5.41) is 4.28. The summed E-state index contributed by atoms with van der Waals surface area (Å²) in [6.45, 7) is 6.07. The Morgan fingerprint density at radius 2 is 1.89 bits per heavy atom. The normalized spacial score (nSPS) is 11.5. The third-order valence-electron chi connectivity index (χ3n) is 2.62. The zero-order valence-corrected chi connectivity index (χ0v) is 10.7. The first kappa shape index (κ1) is 12.3. The van der Waals surface area contributed by atoms with Crippen LogP contribution in [0.3, 0.4) is 0 Å². The van der Waals surface area contributed by atoms with Crippen LogP contribution in [-0.2, 0) is 5.41 Å². The van der Waals surface area contributed by atoms with E-state index in [2.05, 4.69) is 10.1 Å². The number of rotatable bonds is 1. The van der Waals surface area contributed by atoms with Crippen LogP contribution in [0.15, 0.2) is 30.6 Å². The first-order valence-corrected chi connectivity index (χ1v) is 5.70. The Bertz CT molecular complexity index is 566. The van der Waals surface area contributed by atoms with E-state index in [4.69, 9.17) is 5.73 Å². The van der Waals surface area contributed by atoms with E-state index in [0.29, 0.717) is 11.4 Å². The molecule has 0 atom stereocenters. The van der Waals surface area contributed by atoms with E-state index < -0.39 is 0 Å². The van der Waals surface area contributed by atoms with Crippen LogP contribution in [0, 0.1) is 0 Å². The summed E-state index contributed by atoms with van der Waals surface area (Å²) in [6, 6.07) is 5.01. The molecule has 2 N–H and O–H groups in total. The van der Waals surface area contributed by atoms with Crippen LogP contribution in [-0.4, -0.2) is 20.7 Å². The SMILES string of the molecule is CC(C)(C)c1cc(N)n(C(=O)c2ccncc2)n1. The first-order chi connectivity index (χ1) is 8.39. The van der Waals surface area contributed by atoms with Crippen molar-refractivity contribution in [3.05, 3.63) is 41.9 Å². The smallest absolute Gasteiger partial charge is 0.280 e. The van der Waals surface area contributed by atoms with Gasteiger partial charge in [0.25, 0.3) is 5.91 Å². The number of nitrogen functional groups attached to an aromatic ring is 1. The lowest BCUT2D eigenvalue weighted by molar-refractivity contribution is 0.0947. The molecule has 0 aromatic carbocycles. The third kappa shape index (κ3) is 2.25. The van der Waals surface area contributed by atoms with Gasteiger partial charge in [-0.2, -0.15) is 9.78 Å². The number of nitrogens with zero attached hydrogens (tertiary/aromatic N) is 3. The molecule has 2 rings (SSSR count). The maximum atomic E-state index is 12.2. The molecule has 0 spiro atoms. The third-order valence-corrected chi connectivity index (χ3v) is 2.62. The summed E-state index contributed by atoms with van der Waals surface area (Å²) >= 11 is 0. The minimum absolute atomic E-state index is 0.141. The zero-order valence-electron chi connectivity index (χ0n) is 10.7. The largest absolute Gasteiger partial charge is 0.383 e. The number of carbonyl (C=O) groups is 1. The van der Waals surface area contributed by atoms with Gasteiger partial charge < -0.3 is 5.73 Å². The van der Waals surface area contributed by atoms with Crippen molar-refractivity contribution < 1.29 is 4.79 Å². The summed E-state index contributed by atoms with van der Waals surface area (Å²) in [6.07, 6.45) is 3.13. The second-order valence-corrected chi connectivity index (χ2v) is 5.16. The molecule has 94 valence electrons. The fraction of sp³-hybridized carbons (Fsp3) is 0.308. The van der Waals surface area contributed by atoms with Crippen molar-refractivity contribution in [3.8, 4) is 0 Å². The van der Waals surface area contributed by atoms with Crippen molar-refractivity contribution in [1.82, 2.24) is 14.8 Å². The van der Waals surface area contributed by atoms with E-state index in [1.54, 1.807) is 30.6 Å². The van der Waals surface area contributed by atoms with E-state index in [1.807, 2.05) is 20.8 Å². The molecule has 5 heteroatoms. The monoisotopic (exact) mass is 244 g/mol. The van der Waals surface area contributed by atoms with E-state index in [-0.39, 0.29) is 11.3 Å². The van der Waals surface area contributed by atoms with Crippen LogP contribution in [0.4, 0.5) is 5.82 Å². The summed E-state index contributed by atoms with van der Waals surface area (Å²) in [5.41, 5.74) is 7.01. The number of hydrogen-bond acceptors (Lipinski definition) is 4. The summed E-state index contributed by atoms with van der Waals surface area (Å²) in [4.78, 5) is 16.1. The summed E-state index contributed by atoms with van der Waals surface area (Å²) in [7, 11) is 0. The van der Waals surface area contributed by atoms with Crippen molar-refractivity contribution in [3.63, 3.8) is 0 Å². The second kappa shape index (κ2) is 4.25. The standard InChI is InChI=1S/C13H16N4O/c1-13(2,3)10-8-11(14)17(16-10)12(18)9-4-6-15-7-5-9/h4-8H,14H2,1-3H3. The summed E-state index contributed by atoms with van der Waals surface area (Å²) in [5.74, 6) is 0.104. The molecule has 0 unspecified atom stereocenters. The average Bonchev–Trinajstić information content (AvgIpc) is 2.71. The number of hydrogen-bond donors (Lipinski definition) is 1. The zero-order chi connectivity index (χ0) is 13.3. The van der Waals surface area contributed by atoms with Gasteiger partial charge in [-0.05, 0) is 12.1 Å². The lowest BCUT2D eigenvalue weighted by atomic mass is 9.92. The van der Waals surface area contributed by atoms with E-state index in [0.717, 1.165) is 5.69 Å². The van der Waals surface area contributed by atoms with E-state index in [1.165, 1.54) is 4.68 Å². The average molecular weight is 244 g/mol. The van der Waals surface area contributed by atoms with Crippen LogP contribution >= 0.6 is 0 Å². The molecule has 18 heavy (non-hydrogen) atoms. The van der Waals surface area contributed by atoms with Crippen molar-refractivity contribution in [2.75, 3.05) is 5.73 Å². The molecule has 2 aromatic heterocycles. The highest BCUT2D eigenvalue weighted by atomic mass is 16.2. The van der Waals surface area contributed by atoms with Gasteiger partial charge in [-0.1, -0.05) is 20.8 Å². The Labute approximate surface area is 106 Å². The van der Waals surface area contributed by atoms with Gasteiger partial charge in [0.05, 0.1) is 5.69 Å². The molecule has 2 aromatic rings. The maximum Gasteiger partial charge on any atom is 0.280 e. The Morgan fingerprint density at radius 3 is 2.39 bits per heavy atom. The fourth-order valence-corrected chi connectivity index (χ4v) is 1.54. The van der Waals surface area contributed by atoms with Gasteiger partial charge in [-0.15, -0.1) is 0 Å². The van der Waals surface area contributed by atoms with Gasteiger partial charge in [0.2, 0.25) is 0 Å². The first-order valence-electron chi connectivity index (χ1n) is 5.70. The number of carbonyl (C=O) groups excluding carboxylic acids is 1. The number of pyridine rings is 1. The molecule has 0 aliphatic carbocycles. The number of nitrogens with two attached hydrogens (primary N) is 1. The van der Waals surface area contributed by atoms with E-state index >= 15 is 0 Å². The highest BCUT2D eigenvalue weighted by molar-refractivity contribution is 5.96. The Morgan fingerprint density at radius 1 is 1.28 bits per heavy atom. The van der Waals surface area contributed by atoms with Gasteiger partial charge >= 0.3 is 0 Å². The highest BCUT2D eigenvalue weighted by Crippen LogP contribution is 2.23. The molecule has 0 saturated carbocycles. The van der Waals surface area contributed by atoms with Crippen molar-refractivity contribution >= 4 is 11.7 Å². The molecular formula is C13H16N4O. The van der Waals surface area contributed by atoms with Crippen molar-refractivity contribution in [2.45, 2.75) is 26.2 Å². The molecule has 0 bridgehead atoms. The molecule has 0 radical (unpaired) electrons. The van der Waals surface area contributed by atoms with Crippen LogP contribution < -0.4 is 5.73 Å². The van der Waals surface area contributed by atoms with Gasteiger partial charge in [-0.3, -0.25) is 9.78 Å². The number of aromatic nitrogens is 3. The molecule has 0 saturated heterocycles. The molecule has 0 aliphatic rings. The Hall–Kier alpha value is -2.17. The maximum absolute atomic E-state index is 12.2. The predicted molar refractivity (Wildman–Crippen MR) is 69.3 cm³/mol. The van der Waals surface area contributed by atoms with Crippen molar-refractivity contribution in [1.29, 1.82) is 0 Å². The van der Waals surface area contributed by atoms with Gasteiger partial charge in [-0.25, -0.2) is 0 Å². The van der Waals surface area contributed by atoms with Gasteiger partial charge in [0.15, 0.2) is 0 Å². The minimum atomic E-state index is -0.245. The fourth-order valence-electron chi connectivity index (χ4n) is 1.54. The Kier molecular flexibility index (Phi) is 2.90. The lowest BCUT2D eigenvalue weighted by Crippen LogP contribution is -2.18. The molecule has 2 heterocycles. The van der Waals surface area contributed by atoms with Crippen molar-refractivity contribution in [2.24, 2.45) is 0 Å². The van der Waals surface area contributed by atoms with Gasteiger partial charge in [0, 0.05) is 29.4 Å². The summed E-state index contributed by atoms with van der Waals surface area (Å²) < 4.78 is 1.23. The Balaban J connectivity index is 2.41. The highest BCUT2D eigenvalue weighted by Gasteiger charge is 2.21. The van der Waals surface area contributed by atoms with Crippen LogP contribution in [0.5, 0.6) is 0 Å². The quantitative estimate of drug-likeness (QED) is 0.830. The van der Waals surface area contributed by atoms with Crippen LogP contribution in [0.25, 0.3) is 0 Å². The predicted octanol–water partition coefficient (Wildman–Crippen LogP) is 1.85. The molecule has 5 nitrogen and oxygen atoms in total. The molecular weight excluding hydrogens is 228 g/mol. The molecule has 0 fully saturated rings. The molecule has 0 aliphatic heterocycles. The topological polar surface area (TPSA) is 73.8 Å². The lowest BCUT2D eigenvalue weighted by Gasteiger charge is -2.13. The molecule has 0 amide bonds. The van der Waals surface area contributed by atoms with Gasteiger partial charge in [0.1, 0.15) is 5.82 Å². The van der Waals surface area contributed by atoms with E-state index in [9.17, 15) is 4.79 Å². The number of anilines is 1.